The van der Waals surface area contributed by atoms with E-state index in [-0.39, 0.29) is 24.9 Å². The van der Waals surface area contributed by atoms with E-state index in [1.807, 2.05) is 6.08 Å². The molecule has 0 radical (unpaired) electrons. The number of nitrogens with zero attached hydrogens (tertiary/aromatic N) is 1. The molecule has 0 heterocycles. The van der Waals surface area contributed by atoms with Crippen LogP contribution in [0.4, 0.5) is 0 Å². The van der Waals surface area contributed by atoms with Crippen LogP contribution in [0.3, 0.4) is 0 Å². The van der Waals surface area contributed by atoms with Gasteiger partial charge in [-0.05, 0) is 64.6 Å². The van der Waals surface area contributed by atoms with Crippen LogP contribution in [0.1, 0.15) is 122 Å². The molecule has 0 spiro atoms. The van der Waals surface area contributed by atoms with Crippen LogP contribution in [0, 0.1) is 0 Å². The van der Waals surface area contributed by atoms with E-state index in [0.717, 1.165) is 96.7 Å². The fourth-order valence-electron chi connectivity index (χ4n) is 4.41. The molecule has 0 aliphatic heterocycles. The second kappa shape index (κ2) is 29.1. The summed E-state index contributed by atoms with van der Waals surface area (Å²) in [7, 11) is 1.52. The van der Waals surface area contributed by atoms with Gasteiger partial charge in [-0.25, -0.2) is 0 Å². The smallest absolute Gasteiger partial charge is 0.306 e. The quantitative estimate of drug-likeness (QED) is 0.0637. The lowest BCUT2D eigenvalue weighted by atomic mass is 10.1. The van der Waals surface area contributed by atoms with Gasteiger partial charge in [0, 0.05) is 26.5 Å². The number of carboxylic acids is 1. The van der Waals surface area contributed by atoms with E-state index in [9.17, 15) is 14.4 Å². The number of nitrogens with one attached hydrogen (secondary N) is 1. The first-order chi connectivity index (χ1) is 19.0. The molecular weight excluding hydrogens is 496 g/mol. The molecule has 39 heavy (non-hydrogen) atoms. The van der Waals surface area contributed by atoms with E-state index in [1.165, 1.54) is 32.8 Å². The van der Waals surface area contributed by atoms with Gasteiger partial charge in [-0.15, -0.1) is 0 Å². The Morgan fingerprint density at radius 3 is 1.97 bits per heavy atom. The number of carbonyl (C=O) groups is 3. The lowest BCUT2D eigenvalue weighted by molar-refractivity contribution is -0.142. The first-order valence-electron chi connectivity index (χ1n) is 15.5. The molecule has 0 aromatic heterocycles. The van der Waals surface area contributed by atoms with E-state index in [4.69, 9.17) is 14.6 Å². The fourth-order valence-corrected chi connectivity index (χ4v) is 4.41. The summed E-state index contributed by atoms with van der Waals surface area (Å²) in [6.45, 7) is 6.37. The van der Waals surface area contributed by atoms with Crippen molar-refractivity contribution in [2.75, 3.05) is 46.5 Å². The highest BCUT2D eigenvalue weighted by Crippen LogP contribution is 2.10. The standard InChI is InChI=1S/C31H58N2O6/c1-3-4-5-6-7-14-19-27-39-31(37)22-16-11-9-13-18-25-33(26-20-23-32-29(34)28-38-2)24-17-12-8-10-15-21-30(35)36/h14,19H,3-13,15-18,20-28H2,1-2H3,(H,32,34)(H,35,36). The Bertz CT molecular complexity index is 626. The van der Waals surface area contributed by atoms with Crippen molar-refractivity contribution in [2.24, 2.45) is 0 Å². The van der Waals surface area contributed by atoms with Crippen LogP contribution in [-0.2, 0) is 23.9 Å². The van der Waals surface area contributed by atoms with E-state index in [1.54, 1.807) is 0 Å². The van der Waals surface area contributed by atoms with Crippen molar-refractivity contribution in [1.82, 2.24) is 10.2 Å². The molecule has 8 heteroatoms. The molecule has 0 saturated heterocycles. The number of methoxy groups -OCH3 is 1. The molecular formula is C31H58N2O6. The van der Waals surface area contributed by atoms with Gasteiger partial charge in [-0.1, -0.05) is 76.9 Å². The second-order valence-corrected chi connectivity index (χ2v) is 10.4. The summed E-state index contributed by atoms with van der Waals surface area (Å²) < 4.78 is 10.1. The zero-order valence-electron chi connectivity index (χ0n) is 25.1. The van der Waals surface area contributed by atoms with Crippen LogP contribution in [-0.4, -0.2) is 74.4 Å². The van der Waals surface area contributed by atoms with Gasteiger partial charge in [0.1, 0.15) is 13.2 Å². The van der Waals surface area contributed by atoms with Gasteiger partial charge < -0.3 is 24.8 Å². The Morgan fingerprint density at radius 1 is 0.744 bits per heavy atom. The lowest BCUT2D eigenvalue weighted by Gasteiger charge is -2.22. The number of amides is 1. The largest absolute Gasteiger partial charge is 0.481 e. The third-order valence-corrected chi connectivity index (χ3v) is 6.70. The molecule has 1 amide bonds. The summed E-state index contributed by atoms with van der Waals surface area (Å²) in [5, 5.41) is 11.6. The Kier molecular flexibility index (Phi) is 27.6. The lowest BCUT2D eigenvalue weighted by Crippen LogP contribution is -2.32. The number of allylic oxidation sites excluding steroid dienone is 1. The van der Waals surface area contributed by atoms with Crippen LogP contribution in [0.5, 0.6) is 0 Å². The van der Waals surface area contributed by atoms with Crippen molar-refractivity contribution >= 4 is 17.8 Å². The summed E-state index contributed by atoms with van der Waals surface area (Å²) in [6.07, 6.45) is 22.2. The van der Waals surface area contributed by atoms with Crippen molar-refractivity contribution in [3.63, 3.8) is 0 Å². The van der Waals surface area contributed by atoms with Gasteiger partial charge in [-0.3, -0.25) is 14.4 Å². The van der Waals surface area contributed by atoms with Crippen molar-refractivity contribution < 1.29 is 29.0 Å². The Balaban J connectivity index is 3.97. The zero-order valence-corrected chi connectivity index (χ0v) is 25.1. The highest BCUT2D eigenvalue weighted by atomic mass is 16.5. The molecule has 0 aromatic rings. The van der Waals surface area contributed by atoms with Gasteiger partial charge >= 0.3 is 11.9 Å². The number of rotatable bonds is 29. The molecule has 2 N–H and O–H groups in total. The first-order valence-corrected chi connectivity index (χ1v) is 15.5. The van der Waals surface area contributed by atoms with Crippen LogP contribution in [0.15, 0.2) is 12.2 Å². The van der Waals surface area contributed by atoms with Gasteiger partial charge in [0.2, 0.25) is 5.91 Å². The van der Waals surface area contributed by atoms with Crippen LogP contribution >= 0.6 is 0 Å². The SMILES string of the molecule is CCCCCCC=CCOC(=O)CCCCCCCN(CCCCCCCC(=O)O)CCCNC(=O)COC. The van der Waals surface area contributed by atoms with Gasteiger partial charge in [-0.2, -0.15) is 0 Å². The zero-order chi connectivity index (χ0) is 28.8. The molecule has 228 valence electrons. The number of carboxylic acid groups (broad SMARTS) is 1. The number of ether oxygens (including phenoxy) is 2. The Morgan fingerprint density at radius 2 is 1.33 bits per heavy atom. The van der Waals surface area contributed by atoms with Crippen molar-refractivity contribution in [2.45, 2.75) is 122 Å². The number of esters is 1. The minimum Gasteiger partial charge on any atom is -0.481 e. The van der Waals surface area contributed by atoms with E-state index >= 15 is 0 Å². The Labute approximate surface area is 238 Å². The highest BCUT2D eigenvalue weighted by Gasteiger charge is 2.07. The van der Waals surface area contributed by atoms with Gasteiger partial charge in [0.15, 0.2) is 0 Å². The van der Waals surface area contributed by atoms with Crippen LogP contribution < -0.4 is 5.32 Å². The normalized spacial score (nSPS) is 11.4. The average Bonchev–Trinajstić information content (AvgIpc) is 2.90. The number of hydrogen-bond donors (Lipinski definition) is 2. The molecule has 8 nitrogen and oxygen atoms in total. The summed E-state index contributed by atoms with van der Waals surface area (Å²) in [4.78, 5) is 36.6. The molecule has 0 fully saturated rings. The van der Waals surface area contributed by atoms with Gasteiger partial charge in [0.05, 0.1) is 0 Å². The summed E-state index contributed by atoms with van der Waals surface area (Å²) in [5.41, 5.74) is 0. The molecule has 0 aliphatic rings. The Hall–Kier alpha value is -1.93. The van der Waals surface area contributed by atoms with Crippen molar-refractivity contribution in [3.05, 3.63) is 12.2 Å². The maximum atomic E-state index is 11.9. The molecule has 0 rings (SSSR count). The van der Waals surface area contributed by atoms with Crippen molar-refractivity contribution in [3.8, 4) is 0 Å². The predicted molar refractivity (Wildman–Crippen MR) is 158 cm³/mol. The highest BCUT2D eigenvalue weighted by molar-refractivity contribution is 5.77. The monoisotopic (exact) mass is 554 g/mol. The predicted octanol–water partition coefficient (Wildman–Crippen LogP) is 6.28. The average molecular weight is 555 g/mol. The molecule has 0 bridgehead atoms. The topological polar surface area (TPSA) is 105 Å². The maximum absolute atomic E-state index is 11.9. The number of aliphatic carboxylic acids is 1. The molecule has 0 aliphatic carbocycles. The minimum atomic E-state index is -0.713. The molecule has 0 unspecified atom stereocenters. The number of hydrogen-bond acceptors (Lipinski definition) is 6. The van der Waals surface area contributed by atoms with E-state index < -0.39 is 5.97 Å². The number of carbonyl (C=O) groups excluding carboxylic acids is 2. The van der Waals surface area contributed by atoms with E-state index in [0.29, 0.717) is 19.6 Å². The first kappa shape index (κ1) is 37.1. The number of unbranched alkanes of at least 4 members (excludes halogenated alkanes) is 12. The maximum Gasteiger partial charge on any atom is 0.306 e. The van der Waals surface area contributed by atoms with E-state index in [2.05, 4.69) is 23.2 Å². The molecule has 0 saturated carbocycles. The van der Waals surface area contributed by atoms with Crippen molar-refractivity contribution in [1.29, 1.82) is 0 Å². The third kappa shape index (κ3) is 28.9. The third-order valence-electron chi connectivity index (χ3n) is 6.70. The molecule has 0 aromatic carbocycles. The van der Waals surface area contributed by atoms with Gasteiger partial charge in [0.25, 0.3) is 0 Å². The summed E-state index contributed by atoms with van der Waals surface area (Å²) in [6, 6.07) is 0. The van der Waals surface area contributed by atoms with Crippen LogP contribution in [0.25, 0.3) is 0 Å². The summed E-state index contributed by atoms with van der Waals surface area (Å²) >= 11 is 0. The van der Waals surface area contributed by atoms with Crippen LogP contribution in [0.2, 0.25) is 0 Å². The molecule has 0 atom stereocenters. The minimum absolute atomic E-state index is 0.0800. The summed E-state index contributed by atoms with van der Waals surface area (Å²) in [5.74, 6) is -0.893. The fraction of sp³-hybridized carbons (Fsp3) is 0.839. The second-order valence-electron chi connectivity index (χ2n) is 10.4.